The predicted molar refractivity (Wildman–Crippen MR) is 57.3 cm³/mol. The Kier molecular flexibility index (Phi) is 2.98. The van der Waals surface area contributed by atoms with Gasteiger partial charge >= 0.3 is 0 Å². The Morgan fingerprint density at radius 3 is 2.67 bits per heavy atom. The van der Waals surface area contributed by atoms with E-state index in [4.69, 9.17) is 10.5 Å². The van der Waals surface area contributed by atoms with E-state index in [-0.39, 0.29) is 17.4 Å². The standard InChI is InChI=1S/C11H20N2O2/c1-11(4-2-3-9(11)12)10(14)13-5-7-15-8-6-13/h9H,2-8,12H2,1H3. The number of rotatable bonds is 1. The smallest absolute Gasteiger partial charge is 0.230 e. The molecule has 1 aliphatic carbocycles. The molecule has 2 N–H and O–H groups in total. The van der Waals surface area contributed by atoms with E-state index in [9.17, 15) is 4.79 Å². The summed E-state index contributed by atoms with van der Waals surface area (Å²) in [5.41, 5.74) is 5.72. The third-order valence-electron chi connectivity index (χ3n) is 3.82. The molecule has 2 aliphatic rings. The van der Waals surface area contributed by atoms with Crippen LogP contribution in [0, 0.1) is 5.41 Å². The fourth-order valence-electron chi connectivity index (χ4n) is 2.59. The molecule has 86 valence electrons. The minimum Gasteiger partial charge on any atom is -0.378 e. The Labute approximate surface area is 90.8 Å². The summed E-state index contributed by atoms with van der Waals surface area (Å²) in [5, 5.41) is 0. The van der Waals surface area contributed by atoms with Gasteiger partial charge in [-0.15, -0.1) is 0 Å². The number of amides is 1. The lowest BCUT2D eigenvalue weighted by molar-refractivity contribution is -0.145. The topological polar surface area (TPSA) is 55.6 Å². The van der Waals surface area contributed by atoms with Gasteiger partial charge in [-0.3, -0.25) is 4.79 Å². The number of hydrogen-bond donors (Lipinski definition) is 1. The van der Waals surface area contributed by atoms with Crippen LogP contribution in [-0.4, -0.2) is 43.2 Å². The first-order chi connectivity index (χ1) is 7.14. The number of ether oxygens (including phenoxy) is 1. The molecule has 0 bridgehead atoms. The zero-order chi connectivity index (χ0) is 10.9. The fraction of sp³-hybridized carbons (Fsp3) is 0.909. The summed E-state index contributed by atoms with van der Waals surface area (Å²) in [6.07, 6.45) is 2.99. The van der Waals surface area contributed by atoms with Crippen molar-refractivity contribution in [2.24, 2.45) is 11.1 Å². The molecule has 1 aliphatic heterocycles. The van der Waals surface area contributed by atoms with Gasteiger partial charge < -0.3 is 15.4 Å². The van der Waals surface area contributed by atoms with Crippen LogP contribution in [0.4, 0.5) is 0 Å². The average Bonchev–Trinajstić information content (AvgIpc) is 2.61. The van der Waals surface area contributed by atoms with Gasteiger partial charge in [0.05, 0.1) is 18.6 Å². The highest BCUT2D eigenvalue weighted by Gasteiger charge is 2.45. The molecule has 15 heavy (non-hydrogen) atoms. The molecular formula is C11H20N2O2. The van der Waals surface area contributed by atoms with Crippen molar-refractivity contribution in [1.29, 1.82) is 0 Å². The molecule has 1 saturated heterocycles. The lowest BCUT2D eigenvalue weighted by Crippen LogP contribution is -2.52. The maximum atomic E-state index is 12.3. The number of carbonyl (C=O) groups excluding carboxylic acids is 1. The third-order valence-corrected chi connectivity index (χ3v) is 3.82. The van der Waals surface area contributed by atoms with Gasteiger partial charge in [0.1, 0.15) is 0 Å². The van der Waals surface area contributed by atoms with Crippen molar-refractivity contribution >= 4 is 5.91 Å². The summed E-state index contributed by atoms with van der Waals surface area (Å²) < 4.78 is 5.25. The first kappa shape index (κ1) is 10.9. The fourth-order valence-corrected chi connectivity index (χ4v) is 2.59. The van der Waals surface area contributed by atoms with Crippen LogP contribution in [0.1, 0.15) is 26.2 Å². The second-order valence-electron chi connectivity index (χ2n) is 4.82. The van der Waals surface area contributed by atoms with E-state index in [1.54, 1.807) is 0 Å². The van der Waals surface area contributed by atoms with Gasteiger partial charge in [0.15, 0.2) is 0 Å². The van der Waals surface area contributed by atoms with Gasteiger partial charge in [0.25, 0.3) is 0 Å². The van der Waals surface area contributed by atoms with Gasteiger partial charge in [-0.1, -0.05) is 6.42 Å². The van der Waals surface area contributed by atoms with Crippen molar-refractivity contribution in [2.45, 2.75) is 32.2 Å². The zero-order valence-corrected chi connectivity index (χ0v) is 9.37. The van der Waals surface area contributed by atoms with Crippen molar-refractivity contribution in [2.75, 3.05) is 26.3 Å². The Hall–Kier alpha value is -0.610. The average molecular weight is 212 g/mol. The quantitative estimate of drug-likeness (QED) is 0.683. The van der Waals surface area contributed by atoms with Gasteiger partial charge in [0.2, 0.25) is 5.91 Å². The summed E-state index contributed by atoms with van der Waals surface area (Å²) in [5.74, 6) is 0.232. The Balaban J connectivity index is 2.05. The molecule has 2 rings (SSSR count). The maximum Gasteiger partial charge on any atom is 0.230 e. The zero-order valence-electron chi connectivity index (χ0n) is 9.37. The van der Waals surface area contributed by atoms with Crippen LogP contribution < -0.4 is 5.73 Å². The van der Waals surface area contributed by atoms with E-state index in [0.29, 0.717) is 13.2 Å². The Bertz CT molecular complexity index is 251. The molecule has 2 unspecified atom stereocenters. The van der Waals surface area contributed by atoms with E-state index in [1.807, 2.05) is 11.8 Å². The first-order valence-corrected chi connectivity index (χ1v) is 5.77. The molecule has 1 saturated carbocycles. The second kappa shape index (κ2) is 4.10. The first-order valence-electron chi connectivity index (χ1n) is 5.77. The van der Waals surface area contributed by atoms with Crippen LogP contribution in [0.3, 0.4) is 0 Å². The van der Waals surface area contributed by atoms with Crippen molar-refractivity contribution in [3.05, 3.63) is 0 Å². The van der Waals surface area contributed by atoms with Crippen LogP contribution in [0.2, 0.25) is 0 Å². The lowest BCUT2D eigenvalue weighted by Gasteiger charge is -2.36. The highest BCUT2D eigenvalue weighted by molar-refractivity contribution is 5.83. The molecule has 0 aromatic rings. The van der Waals surface area contributed by atoms with E-state index in [2.05, 4.69) is 0 Å². The number of morpholine rings is 1. The number of hydrogen-bond acceptors (Lipinski definition) is 3. The molecule has 0 aromatic heterocycles. The molecule has 2 fully saturated rings. The van der Waals surface area contributed by atoms with Gasteiger partial charge in [-0.05, 0) is 19.8 Å². The lowest BCUT2D eigenvalue weighted by atomic mass is 9.83. The Morgan fingerprint density at radius 1 is 1.47 bits per heavy atom. The minimum atomic E-state index is -0.322. The van der Waals surface area contributed by atoms with Crippen molar-refractivity contribution in [1.82, 2.24) is 4.90 Å². The number of carbonyl (C=O) groups is 1. The van der Waals surface area contributed by atoms with Crippen LogP contribution in [0.15, 0.2) is 0 Å². The highest BCUT2D eigenvalue weighted by atomic mass is 16.5. The van der Waals surface area contributed by atoms with E-state index in [0.717, 1.165) is 32.4 Å². The van der Waals surface area contributed by atoms with Crippen molar-refractivity contribution < 1.29 is 9.53 Å². The molecule has 4 heteroatoms. The molecule has 1 amide bonds. The normalized spacial score (nSPS) is 36.9. The molecular weight excluding hydrogens is 192 g/mol. The van der Waals surface area contributed by atoms with Crippen molar-refractivity contribution in [3.63, 3.8) is 0 Å². The molecule has 0 spiro atoms. The number of nitrogens with two attached hydrogens (primary N) is 1. The van der Waals surface area contributed by atoms with Gasteiger partial charge in [-0.25, -0.2) is 0 Å². The van der Waals surface area contributed by atoms with Crippen LogP contribution in [0.25, 0.3) is 0 Å². The summed E-state index contributed by atoms with van der Waals surface area (Å²) in [7, 11) is 0. The molecule has 0 radical (unpaired) electrons. The summed E-state index contributed by atoms with van der Waals surface area (Å²) in [6, 6.07) is 0.0350. The molecule has 1 heterocycles. The largest absolute Gasteiger partial charge is 0.378 e. The van der Waals surface area contributed by atoms with E-state index >= 15 is 0 Å². The maximum absolute atomic E-state index is 12.3. The van der Waals surface area contributed by atoms with Crippen LogP contribution >= 0.6 is 0 Å². The second-order valence-corrected chi connectivity index (χ2v) is 4.82. The minimum absolute atomic E-state index is 0.0350. The highest BCUT2D eigenvalue weighted by Crippen LogP contribution is 2.38. The van der Waals surface area contributed by atoms with Gasteiger partial charge in [0, 0.05) is 19.1 Å². The molecule has 2 atom stereocenters. The SMILES string of the molecule is CC1(C(=O)N2CCOCC2)CCCC1N. The predicted octanol–water partition coefficient (Wildman–Crippen LogP) is 0.363. The molecule has 4 nitrogen and oxygen atoms in total. The summed E-state index contributed by atoms with van der Waals surface area (Å²) in [4.78, 5) is 14.2. The van der Waals surface area contributed by atoms with Crippen LogP contribution in [0.5, 0.6) is 0 Å². The Morgan fingerprint density at radius 2 is 2.13 bits per heavy atom. The monoisotopic (exact) mass is 212 g/mol. The van der Waals surface area contributed by atoms with Crippen LogP contribution in [-0.2, 0) is 9.53 Å². The van der Waals surface area contributed by atoms with Gasteiger partial charge in [-0.2, -0.15) is 0 Å². The van der Waals surface area contributed by atoms with Crippen molar-refractivity contribution in [3.8, 4) is 0 Å². The van der Waals surface area contributed by atoms with E-state index in [1.165, 1.54) is 0 Å². The number of nitrogens with zero attached hydrogens (tertiary/aromatic N) is 1. The summed E-state index contributed by atoms with van der Waals surface area (Å²) >= 11 is 0. The summed E-state index contributed by atoms with van der Waals surface area (Å²) in [6.45, 7) is 4.79. The molecule has 0 aromatic carbocycles. The van der Waals surface area contributed by atoms with E-state index < -0.39 is 0 Å². The third kappa shape index (κ3) is 1.88.